The summed E-state index contributed by atoms with van der Waals surface area (Å²) in [6.07, 6.45) is 2.48. The zero-order valence-electron chi connectivity index (χ0n) is 15.8. The van der Waals surface area contributed by atoms with Gasteiger partial charge in [-0.1, -0.05) is 0 Å². The van der Waals surface area contributed by atoms with E-state index in [0.717, 1.165) is 43.9 Å². The lowest BCUT2D eigenvalue weighted by Crippen LogP contribution is -2.41. The molecule has 3 fully saturated rings. The minimum Gasteiger partial charge on any atom is -0.445 e. The van der Waals surface area contributed by atoms with Crippen molar-refractivity contribution in [2.24, 2.45) is 5.92 Å². The van der Waals surface area contributed by atoms with E-state index < -0.39 is 0 Å². The highest BCUT2D eigenvalue weighted by Crippen LogP contribution is 2.30. The van der Waals surface area contributed by atoms with Gasteiger partial charge in [-0.25, -0.2) is 4.98 Å². The predicted molar refractivity (Wildman–Crippen MR) is 102 cm³/mol. The topological polar surface area (TPSA) is 75.9 Å². The van der Waals surface area contributed by atoms with Gasteiger partial charge in [0.05, 0.1) is 12.5 Å². The molecule has 4 rings (SSSR count). The molecule has 2 amide bonds. The van der Waals surface area contributed by atoms with Gasteiger partial charge in [-0.2, -0.15) is 11.8 Å². The number of amides is 2. The third-order valence-corrected chi connectivity index (χ3v) is 6.69. The molecule has 3 aliphatic rings. The number of aromatic nitrogens is 1. The molecule has 0 radical (unpaired) electrons. The molecular formula is C19H27N3O4S. The Morgan fingerprint density at radius 2 is 1.81 bits per heavy atom. The summed E-state index contributed by atoms with van der Waals surface area (Å²) >= 11 is 1.88. The van der Waals surface area contributed by atoms with E-state index in [-0.39, 0.29) is 23.7 Å². The highest BCUT2D eigenvalue weighted by molar-refractivity contribution is 7.99. The summed E-state index contributed by atoms with van der Waals surface area (Å²) in [7, 11) is 0. The maximum absolute atomic E-state index is 12.7. The second-order valence-corrected chi connectivity index (χ2v) is 8.75. The van der Waals surface area contributed by atoms with Gasteiger partial charge in [-0.3, -0.25) is 9.59 Å². The van der Waals surface area contributed by atoms with Gasteiger partial charge in [0.1, 0.15) is 5.76 Å². The monoisotopic (exact) mass is 393 g/mol. The summed E-state index contributed by atoms with van der Waals surface area (Å²) in [4.78, 5) is 33.6. The van der Waals surface area contributed by atoms with Crippen LogP contribution >= 0.6 is 11.8 Å². The van der Waals surface area contributed by atoms with Gasteiger partial charge in [0.25, 0.3) is 5.91 Å². The highest BCUT2D eigenvalue weighted by Gasteiger charge is 2.33. The summed E-state index contributed by atoms with van der Waals surface area (Å²) in [5, 5.41) is 0. The van der Waals surface area contributed by atoms with Crippen molar-refractivity contribution in [3.05, 3.63) is 17.3 Å². The Morgan fingerprint density at radius 1 is 1.07 bits per heavy atom. The van der Waals surface area contributed by atoms with Crippen LogP contribution in [-0.4, -0.2) is 77.5 Å². The van der Waals surface area contributed by atoms with Crippen molar-refractivity contribution < 1.29 is 18.7 Å². The smallest absolute Gasteiger partial charge is 0.276 e. The van der Waals surface area contributed by atoms with Crippen LogP contribution in [-0.2, 0) is 9.53 Å². The first-order chi connectivity index (χ1) is 13.1. The second-order valence-electron chi connectivity index (χ2n) is 7.52. The minimum atomic E-state index is -0.0170. The third kappa shape index (κ3) is 4.01. The van der Waals surface area contributed by atoms with Gasteiger partial charge >= 0.3 is 0 Å². The van der Waals surface area contributed by atoms with Crippen molar-refractivity contribution >= 4 is 23.6 Å². The molecule has 1 atom stereocenters. The predicted octanol–water partition coefficient (Wildman–Crippen LogP) is 1.91. The minimum absolute atomic E-state index is 0.0170. The average molecular weight is 394 g/mol. The van der Waals surface area contributed by atoms with Crippen LogP contribution in [0.2, 0.25) is 0 Å². The molecule has 1 aromatic heterocycles. The van der Waals surface area contributed by atoms with Crippen LogP contribution in [0.4, 0.5) is 0 Å². The van der Waals surface area contributed by atoms with Crippen molar-refractivity contribution in [1.82, 2.24) is 14.8 Å². The summed E-state index contributed by atoms with van der Waals surface area (Å²) < 4.78 is 11.2. The van der Waals surface area contributed by atoms with Gasteiger partial charge in [-0.15, -0.1) is 0 Å². The fourth-order valence-corrected chi connectivity index (χ4v) is 4.94. The summed E-state index contributed by atoms with van der Waals surface area (Å²) in [5.74, 6) is 3.61. The maximum Gasteiger partial charge on any atom is 0.276 e. The number of rotatable bonds is 3. The van der Waals surface area contributed by atoms with Gasteiger partial charge in [0.15, 0.2) is 11.6 Å². The molecule has 0 aliphatic carbocycles. The number of ether oxygens (including phenoxy) is 1. The molecule has 3 saturated heterocycles. The van der Waals surface area contributed by atoms with Crippen molar-refractivity contribution in [1.29, 1.82) is 0 Å². The van der Waals surface area contributed by atoms with Crippen LogP contribution in [0.15, 0.2) is 4.42 Å². The van der Waals surface area contributed by atoms with Crippen molar-refractivity contribution in [3.63, 3.8) is 0 Å². The van der Waals surface area contributed by atoms with Crippen molar-refractivity contribution in [2.45, 2.75) is 32.1 Å². The zero-order valence-corrected chi connectivity index (χ0v) is 16.6. The van der Waals surface area contributed by atoms with E-state index in [1.807, 2.05) is 28.5 Å². The van der Waals surface area contributed by atoms with Gasteiger partial charge in [0.2, 0.25) is 5.91 Å². The SMILES string of the molecule is Cc1oc(C2CCN(C(=O)C3CCOC3)CC2)nc1C(=O)N1CCSCC1. The number of thioether (sulfide) groups is 1. The molecule has 8 heteroatoms. The van der Waals surface area contributed by atoms with Gasteiger partial charge in [0, 0.05) is 50.2 Å². The van der Waals surface area contributed by atoms with E-state index in [1.54, 1.807) is 0 Å². The lowest BCUT2D eigenvalue weighted by Gasteiger charge is -2.32. The Bertz CT molecular complexity index is 687. The molecule has 148 valence electrons. The summed E-state index contributed by atoms with van der Waals surface area (Å²) in [6.45, 7) is 6.05. The van der Waals surface area contributed by atoms with Gasteiger partial charge < -0.3 is 19.0 Å². The first kappa shape index (κ1) is 18.8. The fourth-order valence-electron chi connectivity index (χ4n) is 4.04. The van der Waals surface area contributed by atoms with Gasteiger partial charge in [-0.05, 0) is 26.2 Å². The molecule has 4 heterocycles. The molecule has 1 aromatic rings. The number of piperidine rings is 1. The maximum atomic E-state index is 12.7. The number of likely N-dealkylation sites (tertiary alicyclic amines) is 1. The number of aryl methyl sites for hydroxylation is 1. The normalized spacial score (nSPS) is 24.4. The molecular weight excluding hydrogens is 366 g/mol. The van der Waals surface area contributed by atoms with Crippen LogP contribution < -0.4 is 0 Å². The quantitative estimate of drug-likeness (QED) is 0.781. The van der Waals surface area contributed by atoms with Crippen molar-refractivity contribution in [3.8, 4) is 0 Å². The number of hydrogen-bond acceptors (Lipinski definition) is 6. The number of carbonyl (C=O) groups excluding carboxylic acids is 2. The number of nitrogens with zero attached hydrogens (tertiary/aromatic N) is 3. The summed E-state index contributed by atoms with van der Waals surface area (Å²) in [5.41, 5.74) is 0.457. The lowest BCUT2D eigenvalue weighted by atomic mass is 9.95. The molecule has 7 nitrogen and oxygen atoms in total. The van der Waals surface area contributed by atoms with E-state index in [9.17, 15) is 9.59 Å². The molecule has 0 spiro atoms. The largest absolute Gasteiger partial charge is 0.445 e. The molecule has 0 saturated carbocycles. The molecule has 0 N–H and O–H groups in total. The van der Waals surface area contributed by atoms with Crippen LogP contribution in [0.3, 0.4) is 0 Å². The number of oxazole rings is 1. The third-order valence-electron chi connectivity index (χ3n) is 5.75. The standard InChI is InChI=1S/C19H27N3O4S/c1-13-16(19(24)22-7-10-27-11-8-22)20-17(26-13)14-2-5-21(6-3-14)18(23)15-4-9-25-12-15/h14-15H,2-12H2,1H3. The molecule has 3 aliphatic heterocycles. The Balaban J connectivity index is 1.37. The Labute approximate surface area is 163 Å². The molecule has 1 unspecified atom stereocenters. The van der Waals surface area contributed by atoms with Crippen LogP contribution in [0.25, 0.3) is 0 Å². The Hall–Kier alpha value is -1.54. The highest BCUT2D eigenvalue weighted by atomic mass is 32.2. The average Bonchev–Trinajstić information content (AvgIpc) is 3.38. The molecule has 0 aromatic carbocycles. The van der Waals surface area contributed by atoms with Crippen LogP contribution in [0.5, 0.6) is 0 Å². The first-order valence-electron chi connectivity index (χ1n) is 9.84. The van der Waals surface area contributed by atoms with Crippen molar-refractivity contribution in [2.75, 3.05) is 50.9 Å². The summed E-state index contributed by atoms with van der Waals surface area (Å²) in [6, 6.07) is 0. The second kappa shape index (κ2) is 8.22. The van der Waals surface area contributed by atoms with E-state index >= 15 is 0 Å². The van der Waals surface area contributed by atoms with Crippen LogP contribution in [0.1, 0.15) is 47.3 Å². The lowest BCUT2D eigenvalue weighted by molar-refractivity contribution is -0.136. The van der Waals surface area contributed by atoms with E-state index in [1.165, 1.54) is 0 Å². The fraction of sp³-hybridized carbons (Fsp3) is 0.737. The van der Waals surface area contributed by atoms with E-state index in [2.05, 4.69) is 4.98 Å². The molecule has 0 bridgehead atoms. The van der Waals surface area contributed by atoms with E-state index in [0.29, 0.717) is 43.6 Å². The zero-order chi connectivity index (χ0) is 18.8. The molecule has 27 heavy (non-hydrogen) atoms. The van der Waals surface area contributed by atoms with E-state index in [4.69, 9.17) is 9.15 Å². The number of hydrogen-bond donors (Lipinski definition) is 0. The first-order valence-corrected chi connectivity index (χ1v) is 11.0. The van der Waals surface area contributed by atoms with Crippen LogP contribution in [0, 0.1) is 12.8 Å². The Morgan fingerprint density at radius 3 is 2.48 bits per heavy atom. The Kier molecular flexibility index (Phi) is 5.73. The number of carbonyl (C=O) groups is 2.